The lowest BCUT2D eigenvalue weighted by Crippen LogP contribution is -2.59. The zero-order valence-corrected chi connectivity index (χ0v) is 14.4. The van der Waals surface area contributed by atoms with Gasteiger partial charge in [-0.2, -0.15) is 0 Å². The van der Waals surface area contributed by atoms with Gasteiger partial charge in [-0.15, -0.1) is 0 Å². The van der Waals surface area contributed by atoms with Gasteiger partial charge in [-0.1, -0.05) is 37.3 Å². The third kappa shape index (κ3) is 5.51. The number of carbonyl (C=O) groups is 1. The number of hydrogen-bond acceptors (Lipinski definition) is 4. The van der Waals surface area contributed by atoms with Crippen molar-refractivity contribution in [3.05, 3.63) is 35.9 Å². The number of ether oxygens (including phenoxy) is 1. The predicted octanol–water partition coefficient (Wildman–Crippen LogP) is 1.28. The number of carbonyl (C=O) groups excluding carboxylic acids is 1. The molecule has 1 N–H and O–H groups in total. The van der Waals surface area contributed by atoms with E-state index in [1.807, 2.05) is 37.3 Å². The van der Waals surface area contributed by atoms with Crippen LogP contribution in [0.3, 0.4) is 0 Å². The van der Waals surface area contributed by atoms with E-state index in [1.54, 1.807) is 0 Å². The number of sulfone groups is 1. The SMILES string of the molecule is C[C@H](CNC(=O)N1CC(S(C)(=O)=O)C1)COCc1ccccc1. The van der Waals surface area contributed by atoms with Crippen molar-refractivity contribution in [1.82, 2.24) is 10.2 Å². The number of urea groups is 1. The molecule has 1 atom stereocenters. The molecule has 1 aliphatic rings. The Balaban J connectivity index is 1.59. The van der Waals surface area contributed by atoms with Gasteiger partial charge >= 0.3 is 6.03 Å². The third-order valence-electron chi connectivity index (χ3n) is 3.86. The van der Waals surface area contributed by atoms with Gasteiger partial charge in [-0.25, -0.2) is 13.2 Å². The molecule has 0 spiro atoms. The van der Waals surface area contributed by atoms with E-state index in [4.69, 9.17) is 4.74 Å². The van der Waals surface area contributed by atoms with E-state index in [-0.39, 0.29) is 25.0 Å². The Kier molecular flexibility index (Phi) is 6.01. The molecule has 23 heavy (non-hydrogen) atoms. The molecule has 0 unspecified atom stereocenters. The first kappa shape index (κ1) is 17.7. The fourth-order valence-electron chi connectivity index (χ4n) is 2.26. The molecule has 128 valence electrons. The average Bonchev–Trinajstić information content (AvgIpc) is 2.43. The van der Waals surface area contributed by atoms with Crippen LogP contribution in [0.25, 0.3) is 0 Å². The summed E-state index contributed by atoms with van der Waals surface area (Å²) in [6.07, 6.45) is 1.21. The first-order valence-electron chi connectivity index (χ1n) is 7.69. The zero-order chi connectivity index (χ0) is 16.9. The molecule has 6 nitrogen and oxygen atoms in total. The quantitative estimate of drug-likeness (QED) is 0.811. The number of likely N-dealkylation sites (tertiary alicyclic amines) is 1. The monoisotopic (exact) mass is 340 g/mol. The second kappa shape index (κ2) is 7.79. The summed E-state index contributed by atoms with van der Waals surface area (Å²) in [6.45, 7) is 4.18. The molecule has 0 saturated carbocycles. The predicted molar refractivity (Wildman–Crippen MR) is 88.9 cm³/mol. The van der Waals surface area contributed by atoms with E-state index >= 15 is 0 Å². The van der Waals surface area contributed by atoms with Gasteiger partial charge in [0.1, 0.15) is 0 Å². The van der Waals surface area contributed by atoms with Gasteiger partial charge in [-0.05, 0) is 11.5 Å². The highest BCUT2D eigenvalue weighted by atomic mass is 32.2. The summed E-state index contributed by atoms with van der Waals surface area (Å²) in [5.74, 6) is 0.189. The summed E-state index contributed by atoms with van der Waals surface area (Å²) in [5, 5.41) is 2.40. The molecule has 1 saturated heterocycles. The fourth-order valence-corrected chi connectivity index (χ4v) is 3.16. The lowest BCUT2D eigenvalue weighted by atomic mass is 10.2. The van der Waals surface area contributed by atoms with Gasteiger partial charge in [0.2, 0.25) is 0 Å². The second-order valence-electron chi connectivity index (χ2n) is 6.15. The zero-order valence-electron chi connectivity index (χ0n) is 13.6. The maximum Gasteiger partial charge on any atom is 0.317 e. The molecule has 7 heteroatoms. The van der Waals surface area contributed by atoms with Crippen molar-refractivity contribution in [2.24, 2.45) is 5.92 Å². The van der Waals surface area contributed by atoms with Crippen LogP contribution in [-0.4, -0.2) is 57.1 Å². The molecule has 1 aromatic carbocycles. The van der Waals surface area contributed by atoms with Crippen LogP contribution in [0.2, 0.25) is 0 Å². The van der Waals surface area contributed by atoms with Gasteiger partial charge < -0.3 is 15.0 Å². The van der Waals surface area contributed by atoms with Gasteiger partial charge in [0, 0.05) is 25.9 Å². The van der Waals surface area contributed by atoms with E-state index in [9.17, 15) is 13.2 Å². The van der Waals surface area contributed by atoms with Crippen molar-refractivity contribution in [3.8, 4) is 0 Å². The van der Waals surface area contributed by atoms with Gasteiger partial charge in [0.05, 0.1) is 18.5 Å². The molecule has 1 aliphatic heterocycles. The molecule has 2 amide bonds. The largest absolute Gasteiger partial charge is 0.376 e. The smallest absolute Gasteiger partial charge is 0.317 e. The molecule has 0 bridgehead atoms. The summed E-state index contributed by atoms with van der Waals surface area (Å²) < 4.78 is 28.2. The van der Waals surface area contributed by atoms with Crippen molar-refractivity contribution in [1.29, 1.82) is 0 Å². The van der Waals surface area contributed by atoms with Crippen molar-refractivity contribution in [2.75, 3.05) is 32.5 Å². The van der Waals surface area contributed by atoms with Crippen LogP contribution >= 0.6 is 0 Å². The second-order valence-corrected chi connectivity index (χ2v) is 8.47. The summed E-state index contributed by atoms with van der Waals surface area (Å²) >= 11 is 0. The van der Waals surface area contributed by atoms with Crippen LogP contribution in [0.1, 0.15) is 12.5 Å². The van der Waals surface area contributed by atoms with E-state index in [0.717, 1.165) is 5.56 Å². The minimum atomic E-state index is -3.04. The topological polar surface area (TPSA) is 75.7 Å². The van der Waals surface area contributed by atoms with Crippen LogP contribution in [0, 0.1) is 5.92 Å². The van der Waals surface area contributed by atoms with E-state index in [1.165, 1.54) is 11.2 Å². The highest BCUT2D eigenvalue weighted by Crippen LogP contribution is 2.15. The Morgan fingerprint density at radius 3 is 2.61 bits per heavy atom. The van der Waals surface area contributed by atoms with Gasteiger partial charge in [0.25, 0.3) is 0 Å². The first-order valence-corrected chi connectivity index (χ1v) is 9.65. The van der Waals surface area contributed by atoms with Crippen molar-refractivity contribution in [3.63, 3.8) is 0 Å². The molecule has 1 aromatic rings. The molecular formula is C16H24N2O4S. The molecule has 1 fully saturated rings. The van der Waals surface area contributed by atoms with Crippen LogP contribution in [0.15, 0.2) is 30.3 Å². The third-order valence-corrected chi connectivity index (χ3v) is 5.37. The van der Waals surface area contributed by atoms with Crippen LogP contribution in [-0.2, 0) is 21.2 Å². The fraction of sp³-hybridized carbons (Fsp3) is 0.562. The molecule has 0 aliphatic carbocycles. The molecular weight excluding hydrogens is 316 g/mol. The highest BCUT2D eigenvalue weighted by Gasteiger charge is 2.37. The van der Waals surface area contributed by atoms with Crippen LogP contribution < -0.4 is 5.32 Å². The maximum absolute atomic E-state index is 11.9. The summed E-state index contributed by atoms with van der Waals surface area (Å²) in [5.41, 5.74) is 1.12. The van der Waals surface area contributed by atoms with Crippen LogP contribution in [0.5, 0.6) is 0 Å². The van der Waals surface area contributed by atoms with Gasteiger partial charge in [-0.3, -0.25) is 0 Å². The van der Waals surface area contributed by atoms with E-state index < -0.39 is 15.1 Å². The Bertz CT molecular complexity index is 612. The lowest BCUT2D eigenvalue weighted by molar-refractivity contribution is 0.0911. The normalized spacial score (nSPS) is 16.7. The number of rotatable bonds is 7. The summed E-state index contributed by atoms with van der Waals surface area (Å²) in [7, 11) is -3.04. The Morgan fingerprint density at radius 1 is 1.35 bits per heavy atom. The molecule has 0 radical (unpaired) electrons. The summed E-state index contributed by atoms with van der Waals surface area (Å²) in [6, 6.07) is 9.72. The molecule has 0 aromatic heterocycles. The minimum Gasteiger partial charge on any atom is -0.376 e. The molecule has 2 rings (SSSR count). The van der Waals surface area contributed by atoms with Crippen LogP contribution in [0.4, 0.5) is 4.79 Å². The lowest BCUT2D eigenvalue weighted by Gasteiger charge is -2.37. The maximum atomic E-state index is 11.9. The number of nitrogens with zero attached hydrogens (tertiary/aromatic N) is 1. The Labute approximate surface area is 137 Å². The minimum absolute atomic E-state index is 0.189. The van der Waals surface area contributed by atoms with E-state index in [2.05, 4.69) is 5.32 Å². The van der Waals surface area contributed by atoms with E-state index in [0.29, 0.717) is 19.8 Å². The highest BCUT2D eigenvalue weighted by molar-refractivity contribution is 7.91. The van der Waals surface area contributed by atoms with Gasteiger partial charge in [0.15, 0.2) is 9.84 Å². The average molecular weight is 340 g/mol. The van der Waals surface area contributed by atoms with Crippen molar-refractivity contribution < 1.29 is 17.9 Å². The Morgan fingerprint density at radius 2 is 2.00 bits per heavy atom. The number of amides is 2. The number of hydrogen-bond donors (Lipinski definition) is 1. The molecule has 1 heterocycles. The van der Waals surface area contributed by atoms with Crippen molar-refractivity contribution in [2.45, 2.75) is 18.8 Å². The standard InChI is InChI=1S/C16H24N2O4S/c1-13(11-22-12-14-6-4-3-5-7-14)8-17-16(19)18-9-15(10-18)23(2,20)21/h3-7,13,15H,8-12H2,1-2H3,(H,17,19)/t13-/m1/s1. The number of nitrogens with one attached hydrogen (secondary N) is 1. The summed E-state index contributed by atoms with van der Waals surface area (Å²) in [4.78, 5) is 13.4. The Hall–Kier alpha value is -1.60. The number of benzene rings is 1. The van der Waals surface area contributed by atoms with Crippen molar-refractivity contribution >= 4 is 15.9 Å². The first-order chi connectivity index (χ1) is 10.9.